The fourth-order valence-electron chi connectivity index (χ4n) is 9.41. The number of halogens is 3. The largest absolute Gasteiger partial charge is 0.433 e. The first-order valence-corrected chi connectivity index (χ1v) is 19.8. The topological polar surface area (TPSA) is 149 Å². The van der Waals surface area contributed by atoms with Crippen LogP contribution in [0.25, 0.3) is 21.7 Å². The molecule has 3 N–H and O–H groups in total. The molecule has 16 heteroatoms. The molecule has 58 heavy (non-hydrogen) atoms. The molecule has 9 rings (SSSR count). The van der Waals surface area contributed by atoms with E-state index in [4.69, 9.17) is 5.10 Å². The Morgan fingerprint density at radius 2 is 1.74 bits per heavy atom. The summed E-state index contributed by atoms with van der Waals surface area (Å²) < 4.78 is 41.8. The van der Waals surface area contributed by atoms with Gasteiger partial charge in [0.25, 0.3) is 5.91 Å². The Morgan fingerprint density at radius 1 is 0.948 bits per heavy atom. The Kier molecular flexibility index (Phi) is 9.38. The quantitative estimate of drug-likeness (QED) is 0.158. The number of alkyl halides is 3. The molecule has 1 saturated carbocycles. The van der Waals surface area contributed by atoms with Crippen molar-refractivity contribution in [2.45, 2.75) is 82.3 Å². The number of aromatic nitrogens is 4. The number of nitrogens with zero attached hydrogens (tertiary/aromatic N) is 7. The van der Waals surface area contributed by atoms with E-state index in [0.29, 0.717) is 41.3 Å². The third-order valence-electron chi connectivity index (χ3n) is 12.3. The van der Waals surface area contributed by atoms with Gasteiger partial charge in [0.2, 0.25) is 5.91 Å². The average molecular weight is 796 g/mol. The number of urea groups is 1. The summed E-state index contributed by atoms with van der Waals surface area (Å²) in [6, 6.07) is 13.4. The van der Waals surface area contributed by atoms with Crippen LogP contribution in [0.1, 0.15) is 80.2 Å². The molecule has 2 atom stereocenters. The summed E-state index contributed by atoms with van der Waals surface area (Å²) >= 11 is 0. The third-order valence-corrected chi connectivity index (χ3v) is 12.3. The number of piperazine rings is 1. The van der Waals surface area contributed by atoms with E-state index in [9.17, 15) is 32.7 Å². The second-order valence-corrected chi connectivity index (χ2v) is 16.6. The molecule has 1 aliphatic carbocycles. The molecule has 2 aromatic carbocycles. The minimum Gasteiger partial charge on any atom is -0.386 e. The van der Waals surface area contributed by atoms with Crippen molar-refractivity contribution in [1.29, 1.82) is 0 Å². The molecule has 0 unspecified atom stereocenters. The first-order valence-electron chi connectivity index (χ1n) is 19.8. The number of imide groups is 1. The van der Waals surface area contributed by atoms with Crippen molar-refractivity contribution in [3.05, 3.63) is 84.1 Å². The lowest BCUT2D eigenvalue weighted by Gasteiger charge is -2.39. The van der Waals surface area contributed by atoms with E-state index in [1.165, 1.54) is 6.07 Å². The molecular weight excluding hydrogens is 752 g/mol. The Morgan fingerprint density at radius 3 is 2.47 bits per heavy atom. The highest BCUT2D eigenvalue weighted by molar-refractivity contribution is 6.11. The second kappa shape index (κ2) is 14.3. The smallest absolute Gasteiger partial charge is 0.386 e. The lowest BCUT2D eigenvalue weighted by Crippen LogP contribution is -2.49. The number of likely N-dealkylation sites (tertiary alicyclic amines) is 1. The number of fused-ring (bicyclic) bond motifs is 4. The second-order valence-electron chi connectivity index (χ2n) is 16.6. The minimum atomic E-state index is -4.69. The molecule has 2 bridgehead atoms. The van der Waals surface area contributed by atoms with Crippen LogP contribution in [-0.4, -0.2) is 85.9 Å². The van der Waals surface area contributed by atoms with Gasteiger partial charge >= 0.3 is 12.2 Å². The first kappa shape index (κ1) is 37.9. The van der Waals surface area contributed by atoms with Gasteiger partial charge in [-0.1, -0.05) is 18.2 Å². The van der Waals surface area contributed by atoms with Gasteiger partial charge in [-0.15, -0.1) is 0 Å². The van der Waals surface area contributed by atoms with Gasteiger partial charge in [0.05, 0.1) is 29.0 Å². The van der Waals surface area contributed by atoms with E-state index in [1.54, 1.807) is 37.1 Å². The first-order chi connectivity index (χ1) is 27.7. The zero-order valence-corrected chi connectivity index (χ0v) is 32.2. The number of hydrogen-bond acceptors (Lipinski definition) is 9. The van der Waals surface area contributed by atoms with Crippen molar-refractivity contribution in [3.8, 4) is 0 Å². The molecule has 4 aliphatic rings. The van der Waals surface area contributed by atoms with E-state index in [1.807, 2.05) is 29.2 Å². The summed E-state index contributed by atoms with van der Waals surface area (Å²) in [5.74, 6) is -0.517. The summed E-state index contributed by atoms with van der Waals surface area (Å²) in [6.07, 6.45) is 6.21. The van der Waals surface area contributed by atoms with Gasteiger partial charge in [0.15, 0.2) is 0 Å². The maximum Gasteiger partial charge on any atom is 0.433 e. The van der Waals surface area contributed by atoms with E-state index >= 15 is 0 Å². The van der Waals surface area contributed by atoms with Crippen molar-refractivity contribution < 1.29 is 32.7 Å². The maximum absolute atomic E-state index is 13.3. The number of benzene rings is 2. The van der Waals surface area contributed by atoms with E-state index < -0.39 is 29.4 Å². The fraction of sp³-hybridized carbons (Fsp3) is 0.429. The van der Waals surface area contributed by atoms with Gasteiger partial charge < -0.3 is 15.3 Å². The normalized spacial score (nSPS) is 22.9. The van der Waals surface area contributed by atoms with E-state index in [0.717, 1.165) is 85.7 Å². The monoisotopic (exact) mass is 795 g/mol. The number of rotatable bonds is 8. The van der Waals surface area contributed by atoms with Crippen LogP contribution in [0.5, 0.6) is 0 Å². The number of aliphatic hydroxyl groups is 1. The molecule has 13 nitrogen and oxygen atoms in total. The highest BCUT2D eigenvalue weighted by Crippen LogP contribution is 2.42. The van der Waals surface area contributed by atoms with Crippen LogP contribution in [0.15, 0.2) is 67.1 Å². The number of carbonyl (C=O) groups excluding carboxylic acids is 3. The van der Waals surface area contributed by atoms with Gasteiger partial charge in [0, 0.05) is 90.2 Å². The van der Waals surface area contributed by atoms with E-state index in [2.05, 4.69) is 36.5 Å². The lowest BCUT2D eigenvalue weighted by atomic mass is 9.85. The highest BCUT2D eigenvalue weighted by atomic mass is 19.4. The lowest BCUT2D eigenvalue weighted by molar-refractivity contribution is -0.141. The van der Waals surface area contributed by atoms with Crippen molar-refractivity contribution in [2.24, 2.45) is 5.92 Å². The third kappa shape index (κ3) is 7.12. The summed E-state index contributed by atoms with van der Waals surface area (Å²) in [5.41, 5.74) is 0.222. The number of anilines is 3. The molecule has 3 saturated heterocycles. The van der Waals surface area contributed by atoms with Gasteiger partial charge in [-0.25, -0.2) is 9.78 Å². The van der Waals surface area contributed by atoms with Gasteiger partial charge in [0.1, 0.15) is 11.4 Å². The standard InChI is InChI=1S/C42H44F3N9O4/c1-41(2,58)31-17-33-25(15-34(31)48-39(56)32-6-4-8-37(47-32)42(43,44)45)21-54(50-33)26-11-9-24(10-12-26)20-51-22-28-16-27(51)23-53(28)35-7-3-5-29-30(35)18-46-19-36(29)52-14-13-38(55)49-40(52)57/h3-8,15,17-19,21,24,26-28,58H,9-14,16,20,22-23H2,1-2H3,(H,48,56)(H,49,55,57)/t24?,26?,27-,28-/m0/s1. The maximum atomic E-state index is 13.3. The molecule has 0 spiro atoms. The Labute approximate surface area is 332 Å². The number of hydrogen-bond donors (Lipinski definition) is 3. The molecule has 4 fully saturated rings. The van der Waals surface area contributed by atoms with Crippen LogP contribution in [0, 0.1) is 5.92 Å². The Bertz CT molecular complexity index is 2440. The van der Waals surface area contributed by atoms with Crippen LogP contribution >= 0.6 is 0 Å². The highest BCUT2D eigenvalue weighted by Gasteiger charge is 2.44. The van der Waals surface area contributed by atoms with Crippen LogP contribution in [0.3, 0.4) is 0 Å². The zero-order valence-electron chi connectivity index (χ0n) is 32.2. The molecule has 302 valence electrons. The molecule has 3 aromatic heterocycles. The van der Waals surface area contributed by atoms with Crippen molar-refractivity contribution >= 4 is 56.6 Å². The predicted molar refractivity (Wildman–Crippen MR) is 212 cm³/mol. The summed E-state index contributed by atoms with van der Waals surface area (Å²) in [7, 11) is 0. The van der Waals surface area contributed by atoms with Gasteiger partial charge in [-0.3, -0.25) is 34.4 Å². The fourth-order valence-corrected chi connectivity index (χ4v) is 9.41. The predicted octanol–water partition coefficient (Wildman–Crippen LogP) is 6.62. The summed E-state index contributed by atoms with van der Waals surface area (Å²) in [4.78, 5) is 52.3. The van der Waals surface area contributed by atoms with Gasteiger partial charge in [-0.2, -0.15) is 18.3 Å². The molecular formula is C42H44F3N9O4. The molecule has 0 radical (unpaired) electrons. The number of amides is 4. The van der Waals surface area contributed by atoms with Gasteiger partial charge in [-0.05, 0) is 82.2 Å². The Hall–Kier alpha value is -5.61. The van der Waals surface area contributed by atoms with Crippen LogP contribution in [0.4, 0.5) is 35.0 Å². The van der Waals surface area contributed by atoms with Crippen molar-refractivity contribution in [2.75, 3.05) is 41.3 Å². The van der Waals surface area contributed by atoms with Crippen LogP contribution in [0.2, 0.25) is 0 Å². The van der Waals surface area contributed by atoms with Crippen molar-refractivity contribution in [3.63, 3.8) is 0 Å². The molecule has 4 amide bonds. The molecule has 5 aromatic rings. The Balaban J connectivity index is 0.840. The number of carbonyl (C=O) groups is 3. The average Bonchev–Trinajstić information content (AvgIpc) is 3.92. The summed E-state index contributed by atoms with van der Waals surface area (Å²) in [5, 5.41) is 23.7. The van der Waals surface area contributed by atoms with Crippen LogP contribution in [-0.2, 0) is 16.6 Å². The number of pyridine rings is 2. The zero-order chi connectivity index (χ0) is 40.5. The van der Waals surface area contributed by atoms with E-state index in [-0.39, 0.29) is 29.8 Å². The molecule has 3 aliphatic heterocycles. The van der Waals surface area contributed by atoms with Crippen LogP contribution < -0.4 is 20.4 Å². The van der Waals surface area contributed by atoms with Crippen molar-refractivity contribution in [1.82, 2.24) is 30.0 Å². The SMILES string of the molecule is CC(C)(O)c1cc2nn(C3CCC(CN4C[C@@H]5C[C@H]4CN5c4cccc5c(N6CCC(=O)NC6=O)cncc45)CC3)cc2cc1NC(=O)c1cccc(C(F)(F)F)n1. The summed E-state index contributed by atoms with van der Waals surface area (Å²) in [6.45, 7) is 6.44. The number of nitrogens with one attached hydrogen (secondary N) is 2. The minimum absolute atomic E-state index is 0.188. The molecule has 6 heterocycles.